The van der Waals surface area contributed by atoms with Crippen LogP contribution in [0.15, 0.2) is 0 Å². The Morgan fingerprint density at radius 2 is 1.85 bits per heavy atom. The van der Waals surface area contributed by atoms with Gasteiger partial charge in [0.2, 0.25) is 6.29 Å². The van der Waals surface area contributed by atoms with Crippen molar-refractivity contribution in [2.75, 3.05) is 13.2 Å². The van der Waals surface area contributed by atoms with E-state index < -0.39 is 6.29 Å². The van der Waals surface area contributed by atoms with Gasteiger partial charge in [0.15, 0.2) is 5.78 Å². The lowest BCUT2D eigenvalue weighted by Crippen LogP contribution is -2.36. The monoisotopic (exact) mass is 186 g/mol. The molecule has 0 radical (unpaired) electrons. The minimum absolute atomic E-state index is 0.134. The first kappa shape index (κ1) is 10.7. The molecule has 0 unspecified atom stereocenters. The predicted molar refractivity (Wildman–Crippen MR) is 49.4 cm³/mol. The molecule has 0 bridgehead atoms. The third-order valence-corrected chi connectivity index (χ3v) is 2.38. The van der Waals surface area contributed by atoms with E-state index in [0.717, 1.165) is 12.8 Å². The summed E-state index contributed by atoms with van der Waals surface area (Å²) in [7, 11) is 0. The SMILES string of the molecule is CCOC(OCC)C(=O)C1CCC1. The largest absolute Gasteiger partial charge is 0.346 e. The van der Waals surface area contributed by atoms with Gasteiger partial charge in [0, 0.05) is 19.1 Å². The van der Waals surface area contributed by atoms with Gasteiger partial charge in [-0.05, 0) is 26.7 Å². The molecule has 0 heterocycles. The molecule has 0 spiro atoms. The number of ketones is 1. The van der Waals surface area contributed by atoms with E-state index in [1.165, 1.54) is 6.42 Å². The summed E-state index contributed by atoms with van der Waals surface area (Å²) in [6.45, 7) is 4.81. The molecule has 0 saturated heterocycles. The van der Waals surface area contributed by atoms with Crippen LogP contribution >= 0.6 is 0 Å². The van der Waals surface area contributed by atoms with E-state index in [4.69, 9.17) is 9.47 Å². The zero-order valence-corrected chi connectivity index (χ0v) is 8.41. The fourth-order valence-corrected chi connectivity index (χ4v) is 1.40. The van der Waals surface area contributed by atoms with Gasteiger partial charge in [-0.1, -0.05) is 6.42 Å². The lowest BCUT2D eigenvalue weighted by molar-refractivity contribution is -0.174. The minimum atomic E-state index is -0.611. The van der Waals surface area contributed by atoms with E-state index in [9.17, 15) is 4.79 Å². The van der Waals surface area contributed by atoms with E-state index >= 15 is 0 Å². The molecule has 1 aliphatic carbocycles. The van der Waals surface area contributed by atoms with E-state index in [1.807, 2.05) is 13.8 Å². The normalized spacial score (nSPS) is 17.5. The predicted octanol–water partition coefficient (Wildman–Crippen LogP) is 1.75. The summed E-state index contributed by atoms with van der Waals surface area (Å²) >= 11 is 0. The summed E-state index contributed by atoms with van der Waals surface area (Å²) in [6, 6.07) is 0. The molecular weight excluding hydrogens is 168 g/mol. The lowest BCUT2D eigenvalue weighted by Gasteiger charge is -2.27. The summed E-state index contributed by atoms with van der Waals surface area (Å²) in [6.07, 6.45) is 2.58. The lowest BCUT2D eigenvalue weighted by atomic mass is 9.82. The van der Waals surface area contributed by atoms with Crippen molar-refractivity contribution in [2.45, 2.75) is 39.4 Å². The average Bonchev–Trinajstić information content (AvgIpc) is 2.01. The Labute approximate surface area is 79.4 Å². The van der Waals surface area contributed by atoms with Crippen LogP contribution in [-0.2, 0) is 14.3 Å². The molecule has 0 amide bonds. The molecule has 1 fully saturated rings. The van der Waals surface area contributed by atoms with Crippen molar-refractivity contribution in [1.29, 1.82) is 0 Å². The van der Waals surface area contributed by atoms with Crippen molar-refractivity contribution in [1.82, 2.24) is 0 Å². The Morgan fingerprint density at radius 1 is 1.31 bits per heavy atom. The average molecular weight is 186 g/mol. The quantitative estimate of drug-likeness (QED) is 0.593. The van der Waals surface area contributed by atoms with Crippen molar-refractivity contribution in [3.63, 3.8) is 0 Å². The van der Waals surface area contributed by atoms with Gasteiger partial charge in [0.05, 0.1) is 0 Å². The maximum atomic E-state index is 11.7. The first-order valence-electron chi connectivity index (χ1n) is 5.06. The second kappa shape index (κ2) is 5.35. The standard InChI is InChI=1S/C10H18O3/c1-3-12-10(13-4-2)9(11)8-6-5-7-8/h8,10H,3-7H2,1-2H3. The number of carbonyl (C=O) groups excluding carboxylic acids is 1. The van der Waals surface area contributed by atoms with Crippen LogP contribution in [0.25, 0.3) is 0 Å². The summed E-state index contributed by atoms with van der Waals surface area (Å²) < 4.78 is 10.5. The van der Waals surface area contributed by atoms with Gasteiger partial charge in [-0.3, -0.25) is 4.79 Å². The maximum Gasteiger partial charge on any atom is 0.218 e. The number of Topliss-reactive ketones (excluding diaryl/α,β-unsaturated/α-hetero) is 1. The molecule has 13 heavy (non-hydrogen) atoms. The first-order valence-corrected chi connectivity index (χ1v) is 5.06. The van der Waals surface area contributed by atoms with Crippen molar-refractivity contribution in [2.24, 2.45) is 5.92 Å². The highest BCUT2D eigenvalue weighted by molar-refractivity contribution is 5.84. The number of hydrogen-bond acceptors (Lipinski definition) is 3. The molecule has 0 aliphatic heterocycles. The molecule has 1 saturated carbocycles. The van der Waals surface area contributed by atoms with Gasteiger partial charge >= 0.3 is 0 Å². The van der Waals surface area contributed by atoms with Crippen molar-refractivity contribution in [3.8, 4) is 0 Å². The highest BCUT2D eigenvalue weighted by Gasteiger charge is 2.31. The third kappa shape index (κ3) is 2.78. The third-order valence-electron chi connectivity index (χ3n) is 2.38. The molecule has 1 rings (SSSR count). The molecule has 0 aromatic carbocycles. The maximum absolute atomic E-state index is 11.7. The molecule has 0 aromatic heterocycles. The molecule has 0 N–H and O–H groups in total. The van der Waals surface area contributed by atoms with Gasteiger partial charge in [0.1, 0.15) is 0 Å². The van der Waals surface area contributed by atoms with Crippen molar-refractivity contribution in [3.05, 3.63) is 0 Å². The smallest absolute Gasteiger partial charge is 0.218 e. The second-order valence-electron chi connectivity index (χ2n) is 3.27. The van der Waals surface area contributed by atoms with E-state index in [2.05, 4.69) is 0 Å². The van der Waals surface area contributed by atoms with Crippen LogP contribution in [0.1, 0.15) is 33.1 Å². The Kier molecular flexibility index (Phi) is 4.39. The van der Waals surface area contributed by atoms with Gasteiger partial charge in [-0.2, -0.15) is 0 Å². The van der Waals surface area contributed by atoms with Crippen LogP contribution in [0.3, 0.4) is 0 Å². The van der Waals surface area contributed by atoms with Gasteiger partial charge in [0.25, 0.3) is 0 Å². The van der Waals surface area contributed by atoms with Crippen LogP contribution in [0.2, 0.25) is 0 Å². The van der Waals surface area contributed by atoms with Crippen LogP contribution in [0.4, 0.5) is 0 Å². The van der Waals surface area contributed by atoms with E-state index in [1.54, 1.807) is 0 Å². The van der Waals surface area contributed by atoms with Crippen LogP contribution in [0.5, 0.6) is 0 Å². The molecule has 1 aliphatic rings. The van der Waals surface area contributed by atoms with Crippen molar-refractivity contribution >= 4 is 5.78 Å². The van der Waals surface area contributed by atoms with Gasteiger partial charge in [-0.25, -0.2) is 0 Å². The summed E-state index contributed by atoms with van der Waals surface area (Å²) in [4.78, 5) is 11.7. The molecule has 3 nitrogen and oxygen atoms in total. The summed E-state index contributed by atoms with van der Waals surface area (Å²) in [5, 5.41) is 0. The topological polar surface area (TPSA) is 35.5 Å². The first-order chi connectivity index (χ1) is 6.29. The number of ether oxygens (including phenoxy) is 2. The Hall–Kier alpha value is -0.410. The van der Waals surface area contributed by atoms with Crippen LogP contribution in [0, 0.1) is 5.92 Å². The molecule has 76 valence electrons. The highest BCUT2D eigenvalue weighted by atomic mass is 16.7. The van der Waals surface area contributed by atoms with Crippen LogP contribution < -0.4 is 0 Å². The molecule has 3 heteroatoms. The minimum Gasteiger partial charge on any atom is -0.346 e. The van der Waals surface area contributed by atoms with Crippen molar-refractivity contribution < 1.29 is 14.3 Å². The van der Waals surface area contributed by atoms with E-state index in [-0.39, 0.29) is 11.7 Å². The number of rotatable bonds is 6. The Balaban J connectivity index is 2.37. The fraction of sp³-hybridized carbons (Fsp3) is 0.900. The molecule has 0 atom stereocenters. The number of carbonyl (C=O) groups is 1. The summed E-state index contributed by atoms with van der Waals surface area (Å²) in [5.74, 6) is 0.332. The Bertz CT molecular complexity index is 158. The second-order valence-corrected chi connectivity index (χ2v) is 3.27. The number of hydrogen-bond donors (Lipinski definition) is 0. The zero-order valence-electron chi connectivity index (χ0n) is 8.41. The molecule has 0 aromatic rings. The highest BCUT2D eigenvalue weighted by Crippen LogP contribution is 2.28. The Morgan fingerprint density at radius 3 is 2.15 bits per heavy atom. The van der Waals surface area contributed by atoms with Gasteiger partial charge in [-0.15, -0.1) is 0 Å². The van der Waals surface area contributed by atoms with Gasteiger partial charge < -0.3 is 9.47 Å². The summed E-state index contributed by atoms with van der Waals surface area (Å²) in [5.41, 5.74) is 0. The molecular formula is C10H18O3. The zero-order chi connectivity index (χ0) is 9.68. The van der Waals surface area contributed by atoms with E-state index in [0.29, 0.717) is 13.2 Å². The van der Waals surface area contributed by atoms with Crippen LogP contribution in [-0.4, -0.2) is 25.3 Å². The fourth-order valence-electron chi connectivity index (χ4n) is 1.40.